The van der Waals surface area contributed by atoms with E-state index in [1.807, 2.05) is 109 Å². The first-order chi connectivity index (χ1) is 24.6. The Hall–Kier alpha value is -5.94. The second kappa shape index (κ2) is 16.6. The van der Waals surface area contributed by atoms with Gasteiger partial charge in [0.1, 0.15) is 0 Å². The van der Waals surface area contributed by atoms with Gasteiger partial charge in [0.25, 0.3) is 0 Å². The largest absolute Gasteiger partial charge is 0.304 e. The van der Waals surface area contributed by atoms with Gasteiger partial charge in [-0.3, -0.25) is 8.78 Å². The van der Waals surface area contributed by atoms with E-state index in [0.717, 1.165) is 55.3 Å². The maximum atomic E-state index is 12.9. The molecule has 6 aromatic carbocycles. The van der Waals surface area contributed by atoms with E-state index in [0.29, 0.717) is 0 Å². The molecule has 249 valence electrons. The average molecular weight is 841 g/mol. The van der Waals surface area contributed by atoms with Crippen LogP contribution in [-0.2, 0) is 20.1 Å². The topological polar surface area (TPSA) is 38.7 Å². The summed E-state index contributed by atoms with van der Waals surface area (Å²) < 4.78 is 25.7. The second-order valence-corrected chi connectivity index (χ2v) is 11.3. The number of rotatable bonds is 3. The van der Waals surface area contributed by atoms with Crippen molar-refractivity contribution in [2.45, 2.75) is 0 Å². The molecule has 51 heavy (non-hydrogen) atoms. The summed E-state index contributed by atoms with van der Waals surface area (Å²) in [6.45, 7) is 0. The standard InChI is InChI=1S/2C15H9FN.C15H10N.Ir/c2*16-13-7-5-12(6-8-13)15-14-4-2-1-3-11(14)9-10-17-15;1-2-7-13(8-3-1)15-14-9-5-4-6-12(14)10-11-16-15;/h2*1-5,7-10H;1-7,9-11H;/q3*-1;. The number of halogens is 2. The van der Waals surface area contributed by atoms with E-state index >= 15 is 0 Å². The van der Waals surface area contributed by atoms with E-state index < -0.39 is 0 Å². The Kier molecular flexibility index (Phi) is 11.4. The van der Waals surface area contributed by atoms with Crippen LogP contribution in [0.1, 0.15) is 0 Å². The van der Waals surface area contributed by atoms with Crippen molar-refractivity contribution in [2.75, 3.05) is 0 Å². The molecule has 3 aromatic heterocycles. The van der Waals surface area contributed by atoms with Crippen molar-refractivity contribution in [3.8, 4) is 33.8 Å². The fourth-order valence-corrected chi connectivity index (χ4v) is 5.65. The van der Waals surface area contributed by atoms with Gasteiger partial charge < -0.3 is 15.0 Å². The SMILES string of the molecule is Fc1c[c-]c(-c2nccc3ccccc23)cc1.Fc1c[c-]c(-c2nccc3ccccc23)cc1.[Ir].[c-]1ccccc1-c1nccc2ccccc12. The van der Waals surface area contributed by atoms with Crippen LogP contribution in [0.25, 0.3) is 66.1 Å². The van der Waals surface area contributed by atoms with Crippen molar-refractivity contribution in [3.63, 3.8) is 0 Å². The van der Waals surface area contributed by atoms with Crippen molar-refractivity contribution < 1.29 is 28.9 Å². The molecule has 0 bridgehead atoms. The smallest absolute Gasteiger partial charge is 0.0379 e. The molecular formula is C45H28F2IrN3-3. The molecule has 0 saturated carbocycles. The number of hydrogen-bond donors (Lipinski definition) is 0. The number of aromatic nitrogens is 3. The quantitative estimate of drug-likeness (QED) is 0.166. The molecule has 9 rings (SSSR count). The zero-order valence-corrected chi connectivity index (χ0v) is 29.5. The Bertz CT molecular complexity index is 2370. The molecule has 1 radical (unpaired) electrons. The summed E-state index contributed by atoms with van der Waals surface area (Å²) >= 11 is 0. The minimum Gasteiger partial charge on any atom is -0.304 e. The van der Waals surface area contributed by atoms with E-state index in [4.69, 9.17) is 0 Å². The molecule has 0 N–H and O–H groups in total. The summed E-state index contributed by atoms with van der Waals surface area (Å²) in [6.07, 6.45) is 5.36. The Morgan fingerprint density at radius 3 is 1.10 bits per heavy atom. The number of fused-ring (bicyclic) bond motifs is 3. The Morgan fingerprint density at radius 2 is 0.745 bits per heavy atom. The van der Waals surface area contributed by atoms with Gasteiger partial charge in [0.2, 0.25) is 0 Å². The van der Waals surface area contributed by atoms with Crippen LogP contribution in [0.4, 0.5) is 8.78 Å². The predicted octanol–water partition coefficient (Wildman–Crippen LogP) is 11.4. The van der Waals surface area contributed by atoms with Crippen LogP contribution < -0.4 is 0 Å². The molecule has 0 atom stereocenters. The van der Waals surface area contributed by atoms with Crippen LogP contribution in [0.2, 0.25) is 0 Å². The van der Waals surface area contributed by atoms with Gasteiger partial charge in [-0.15, -0.1) is 95.6 Å². The number of benzene rings is 6. The third kappa shape index (κ3) is 8.27. The first kappa shape index (κ1) is 34.9. The van der Waals surface area contributed by atoms with Crippen LogP contribution in [0, 0.1) is 29.8 Å². The van der Waals surface area contributed by atoms with Gasteiger partial charge in [0.15, 0.2) is 0 Å². The van der Waals surface area contributed by atoms with E-state index in [-0.39, 0.29) is 31.7 Å². The number of nitrogens with zero attached hydrogens (tertiary/aromatic N) is 3. The molecule has 3 nitrogen and oxygen atoms in total. The van der Waals surface area contributed by atoms with Gasteiger partial charge in [-0.25, -0.2) is 0 Å². The Balaban J connectivity index is 0.000000131. The predicted molar refractivity (Wildman–Crippen MR) is 198 cm³/mol. The van der Waals surface area contributed by atoms with Crippen molar-refractivity contribution in [3.05, 3.63) is 200 Å². The molecule has 0 aliphatic carbocycles. The molecule has 0 unspecified atom stereocenters. The summed E-state index contributed by atoms with van der Waals surface area (Å²) in [5.41, 5.74) is 5.33. The van der Waals surface area contributed by atoms with Crippen molar-refractivity contribution in [1.29, 1.82) is 0 Å². The first-order valence-electron chi connectivity index (χ1n) is 16.0. The van der Waals surface area contributed by atoms with Gasteiger partial charge in [-0.05, 0) is 67.6 Å². The minimum absolute atomic E-state index is 0. The molecule has 0 fully saturated rings. The van der Waals surface area contributed by atoms with Crippen LogP contribution in [0.3, 0.4) is 0 Å². The summed E-state index contributed by atoms with van der Waals surface area (Å²) in [7, 11) is 0. The van der Waals surface area contributed by atoms with Crippen LogP contribution >= 0.6 is 0 Å². The summed E-state index contributed by atoms with van der Waals surface area (Å²) in [5, 5.41) is 6.73. The number of pyridine rings is 3. The molecule has 6 heteroatoms. The Morgan fingerprint density at radius 1 is 0.373 bits per heavy atom. The average Bonchev–Trinajstić information content (AvgIpc) is 3.19. The first-order valence-corrected chi connectivity index (χ1v) is 16.0. The second-order valence-electron chi connectivity index (χ2n) is 11.3. The summed E-state index contributed by atoms with van der Waals surface area (Å²) in [5.74, 6) is -0.567. The fourth-order valence-electron chi connectivity index (χ4n) is 5.65. The summed E-state index contributed by atoms with van der Waals surface area (Å²) in [6, 6.07) is 56.1. The van der Waals surface area contributed by atoms with Crippen molar-refractivity contribution in [2.24, 2.45) is 0 Å². The Labute approximate surface area is 308 Å². The number of hydrogen-bond acceptors (Lipinski definition) is 3. The molecule has 0 aliphatic heterocycles. The summed E-state index contributed by atoms with van der Waals surface area (Å²) in [4.78, 5) is 13.2. The van der Waals surface area contributed by atoms with Crippen molar-refractivity contribution >= 4 is 32.3 Å². The molecule has 0 saturated heterocycles. The normalized spacial score (nSPS) is 10.4. The van der Waals surface area contributed by atoms with Crippen molar-refractivity contribution in [1.82, 2.24) is 15.0 Å². The molecule has 3 heterocycles. The van der Waals surface area contributed by atoms with E-state index in [1.165, 1.54) is 35.0 Å². The van der Waals surface area contributed by atoms with E-state index in [2.05, 4.69) is 45.3 Å². The van der Waals surface area contributed by atoms with Gasteiger partial charge >= 0.3 is 0 Å². The van der Waals surface area contributed by atoms with Crippen LogP contribution in [0.5, 0.6) is 0 Å². The third-order valence-corrected chi connectivity index (χ3v) is 8.04. The molecule has 0 spiro atoms. The maximum Gasteiger partial charge on any atom is 0.0379 e. The fraction of sp³-hybridized carbons (Fsp3) is 0. The van der Waals surface area contributed by atoms with E-state index in [1.54, 1.807) is 24.5 Å². The molecule has 0 amide bonds. The monoisotopic (exact) mass is 841 g/mol. The third-order valence-electron chi connectivity index (χ3n) is 8.04. The van der Waals surface area contributed by atoms with Crippen LogP contribution in [-0.4, -0.2) is 15.0 Å². The van der Waals surface area contributed by atoms with E-state index in [9.17, 15) is 8.78 Å². The minimum atomic E-state index is -0.283. The maximum absolute atomic E-state index is 12.9. The van der Waals surface area contributed by atoms with Crippen LogP contribution in [0.15, 0.2) is 170 Å². The van der Waals surface area contributed by atoms with Gasteiger partial charge in [-0.2, -0.15) is 0 Å². The molecule has 0 aliphatic rings. The van der Waals surface area contributed by atoms with Gasteiger partial charge in [-0.1, -0.05) is 72.8 Å². The van der Waals surface area contributed by atoms with Gasteiger partial charge in [0.05, 0.1) is 0 Å². The zero-order valence-electron chi connectivity index (χ0n) is 27.1. The molecule has 9 aromatic rings. The molecular weight excluding hydrogens is 813 g/mol. The van der Waals surface area contributed by atoms with Gasteiger partial charge in [0, 0.05) is 50.3 Å². The zero-order chi connectivity index (χ0) is 34.1.